The van der Waals surface area contributed by atoms with Crippen molar-refractivity contribution in [1.29, 1.82) is 0 Å². The molecule has 1 fully saturated rings. The molecule has 2 heterocycles. The van der Waals surface area contributed by atoms with Gasteiger partial charge in [-0.3, -0.25) is 0 Å². The van der Waals surface area contributed by atoms with Crippen molar-refractivity contribution >= 4 is 23.4 Å². The lowest BCUT2D eigenvalue weighted by Crippen LogP contribution is -3.27. The Morgan fingerprint density at radius 1 is 1.04 bits per heavy atom. The van der Waals surface area contributed by atoms with E-state index in [0.29, 0.717) is 11.8 Å². The molecule has 1 saturated heterocycles. The Kier molecular flexibility index (Phi) is 4.48. The highest BCUT2D eigenvalue weighted by Gasteiger charge is 2.33. The maximum absolute atomic E-state index is 9.87. The summed E-state index contributed by atoms with van der Waals surface area (Å²) >= 11 is 8.09. The van der Waals surface area contributed by atoms with Crippen molar-refractivity contribution in [2.45, 2.75) is 22.3 Å². The molecule has 0 radical (unpaired) electrons. The number of halogens is 1. The molecule has 0 aromatic heterocycles. The van der Waals surface area contributed by atoms with E-state index in [2.05, 4.69) is 25.2 Å². The Bertz CT molecular complexity index is 759. The minimum absolute atomic E-state index is 0.339. The quantitative estimate of drug-likeness (QED) is 0.711. The third-order valence-electron chi connectivity index (χ3n) is 5.28. The zero-order valence-electron chi connectivity index (χ0n) is 13.8. The van der Waals surface area contributed by atoms with Gasteiger partial charge >= 0.3 is 0 Å². The summed E-state index contributed by atoms with van der Waals surface area (Å²) in [5.41, 5.74) is 2.69. The number of hydrogen-bond acceptors (Lipinski definition) is 2. The van der Waals surface area contributed by atoms with Gasteiger partial charge in [-0.05, 0) is 35.9 Å². The van der Waals surface area contributed by atoms with Gasteiger partial charge in [0.05, 0.1) is 7.05 Å². The van der Waals surface area contributed by atoms with Crippen LogP contribution in [0.25, 0.3) is 0 Å². The van der Waals surface area contributed by atoms with Crippen LogP contribution in [0.3, 0.4) is 0 Å². The van der Waals surface area contributed by atoms with Crippen LogP contribution < -0.4 is 9.80 Å². The number of rotatable bonds is 1. The predicted octanol–water partition coefficient (Wildman–Crippen LogP) is 1.21. The van der Waals surface area contributed by atoms with Crippen molar-refractivity contribution in [3.05, 3.63) is 52.5 Å². The number of benzene rings is 2. The standard InChI is InChI=1S/C19H21ClN2OS/c1-21-6-8-22(9-7-21)17-10-13-2-4-15(23)12-19(13)24-18-5-3-14(20)11-16(17)18/h2-5,11-12,17,23H,6-10H2,1H3/p+2/t17-/m1/s1. The molecule has 0 spiro atoms. The minimum atomic E-state index is 0.339. The normalized spacial score (nSPS) is 26.3. The maximum atomic E-state index is 9.87. The van der Waals surface area contributed by atoms with E-state index >= 15 is 0 Å². The first-order valence-electron chi connectivity index (χ1n) is 8.55. The average molecular weight is 363 g/mol. The summed E-state index contributed by atoms with van der Waals surface area (Å²) in [4.78, 5) is 5.72. The smallest absolute Gasteiger partial charge is 0.127 e. The second kappa shape index (κ2) is 6.60. The summed E-state index contributed by atoms with van der Waals surface area (Å²) in [6, 6.07) is 12.5. The van der Waals surface area contributed by atoms with Crippen molar-refractivity contribution in [2.75, 3.05) is 33.2 Å². The summed E-state index contributed by atoms with van der Waals surface area (Å²) in [6.07, 6.45) is 1.00. The number of piperazine rings is 1. The third kappa shape index (κ3) is 3.16. The highest BCUT2D eigenvalue weighted by Crippen LogP contribution is 2.42. The number of quaternary nitrogens is 2. The molecule has 2 aromatic carbocycles. The van der Waals surface area contributed by atoms with Crippen LogP contribution in [-0.2, 0) is 6.42 Å². The summed E-state index contributed by atoms with van der Waals surface area (Å²) < 4.78 is 0. The SMILES string of the molecule is C[NH+]1CC[NH+]([C@@H]2Cc3ccc(O)cc3Sc3ccc(Cl)cc32)CC1. The molecule has 126 valence electrons. The van der Waals surface area contributed by atoms with Gasteiger partial charge in [0.25, 0.3) is 0 Å². The number of aromatic hydroxyl groups is 1. The number of hydrogen-bond donors (Lipinski definition) is 3. The van der Waals surface area contributed by atoms with Gasteiger partial charge < -0.3 is 14.9 Å². The van der Waals surface area contributed by atoms with E-state index in [-0.39, 0.29) is 0 Å². The molecule has 0 saturated carbocycles. The van der Waals surface area contributed by atoms with Gasteiger partial charge in [-0.25, -0.2) is 0 Å². The molecule has 4 rings (SSSR count). The number of fused-ring (bicyclic) bond motifs is 2. The molecular formula is C19H23ClN2OS+2. The van der Waals surface area contributed by atoms with Gasteiger partial charge in [0.1, 0.15) is 38.0 Å². The van der Waals surface area contributed by atoms with Gasteiger partial charge in [0.2, 0.25) is 0 Å². The van der Waals surface area contributed by atoms with Crippen molar-refractivity contribution < 1.29 is 14.9 Å². The van der Waals surface area contributed by atoms with Crippen LogP contribution in [-0.4, -0.2) is 38.3 Å². The van der Waals surface area contributed by atoms with Crippen LogP contribution in [0.15, 0.2) is 46.2 Å². The van der Waals surface area contributed by atoms with E-state index < -0.39 is 0 Å². The predicted molar refractivity (Wildman–Crippen MR) is 97.4 cm³/mol. The van der Waals surface area contributed by atoms with E-state index in [1.54, 1.807) is 21.6 Å². The van der Waals surface area contributed by atoms with Crippen LogP contribution in [0.4, 0.5) is 0 Å². The Hall–Kier alpha value is -1.20. The zero-order chi connectivity index (χ0) is 16.7. The second-order valence-corrected chi connectivity index (χ2v) is 8.47. The maximum Gasteiger partial charge on any atom is 0.127 e. The number of nitrogens with one attached hydrogen (secondary N) is 2. The molecule has 2 aromatic rings. The first kappa shape index (κ1) is 16.3. The van der Waals surface area contributed by atoms with Crippen molar-refractivity contribution in [3.8, 4) is 5.75 Å². The number of likely N-dealkylation sites (N-methyl/N-ethyl adjacent to an activating group) is 1. The number of phenolic OH excluding ortho intramolecular Hbond substituents is 1. The molecule has 24 heavy (non-hydrogen) atoms. The zero-order valence-corrected chi connectivity index (χ0v) is 15.4. The van der Waals surface area contributed by atoms with Gasteiger partial charge in [-0.2, -0.15) is 0 Å². The highest BCUT2D eigenvalue weighted by molar-refractivity contribution is 7.99. The fourth-order valence-electron chi connectivity index (χ4n) is 3.85. The van der Waals surface area contributed by atoms with Crippen LogP contribution >= 0.6 is 23.4 Å². The molecule has 1 atom stereocenters. The largest absolute Gasteiger partial charge is 0.508 e. The van der Waals surface area contributed by atoms with Crippen LogP contribution in [0.5, 0.6) is 5.75 Å². The molecule has 5 heteroatoms. The van der Waals surface area contributed by atoms with Crippen molar-refractivity contribution in [3.63, 3.8) is 0 Å². The lowest BCUT2D eigenvalue weighted by Gasteiger charge is -2.33. The van der Waals surface area contributed by atoms with E-state index in [1.165, 1.54) is 47.1 Å². The molecule has 0 bridgehead atoms. The van der Waals surface area contributed by atoms with Crippen LogP contribution in [0, 0.1) is 0 Å². The molecule has 2 aliphatic rings. The molecule has 2 aliphatic heterocycles. The van der Waals surface area contributed by atoms with E-state index in [1.807, 2.05) is 18.2 Å². The van der Waals surface area contributed by atoms with Crippen LogP contribution in [0.1, 0.15) is 17.2 Å². The molecule has 0 unspecified atom stereocenters. The van der Waals surface area contributed by atoms with Crippen LogP contribution in [0.2, 0.25) is 5.02 Å². The Labute approximate surface area is 152 Å². The topological polar surface area (TPSA) is 29.1 Å². The van der Waals surface area contributed by atoms with E-state index in [4.69, 9.17) is 11.6 Å². The molecular weight excluding hydrogens is 340 g/mol. The minimum Gasteiger partial charge on any atom is -0.508 e. The molecule has 0 aliphatic carbocycles. The molecule has 3 nitrogen and oxygen atoms in total. The fraction of sp³-hybridized carbons (Fsp3) is 0.368. The Morgan fingerprint density at radius 2 is 1.83 bits per heavy atom. The lowest BCUT2D eigenvalue weighted by atomic mass is 9.96. The first-order chi connectivity index (χ1) is 11.6. The van der Waals surface area contributed by atoms with Gasteiger partial charge in [0.15, 0.2) is 0 Å². The monoisotopic (exact) mass is 362 g/mol. The molecule has 3 N–H and O–H groups in total. The second-order valence-electron chi connectivity index (χ2n) is 6.95. The number of phenols is 1. The fourth-order valence-corrected chi connectivity index (χ4v) is 5.19. The molecule has 0 amide bonds. The first-order valence-corrected chi connectivity index (χ1v) is 9.74. The van der Waals surface area contributed by atoms with Gasteiger partial charge in [-0.15, -0.1) is 0 Å². The van der Waals surface area contributed by atoms with Crippen molar-refractivity contribution in [1.82, 2.24) is 0 Å². The summed E-state index contributed by atoms with van der Waals surface area (Å²) in [5, 5.41) is 10.7. The van der Waals surface area contributed by atoms with E-state index in [9.17, 15) is 5.11 Å². The summed E-state index contributed by atoms with van der Waals surface area (Å²) in [7, 11) is 2.28. The van der Waals surface area contributed by atoms with E-state index in [0.717, 1.165) is 11.4 Å². The highest BCUT2D eigenvalue weighted by atomic mass is 35.5. The Balaban J connectivity index is 1.77. The van der Waals surface area contributed by atoms with Gasteiger partial charge in [0, 0.05) is 26.8 Å². The van der Waals surface area contributed by atoms with Crippen molar-refractivity contribution in [2.24, 2.45) is 0 Å². The summed E-state index contributed by atoms with van der Waals surface area (Å²) in [6.45, 7) is 4.83. The third-order valence-corrected chi connectivity index (χ3v) is 6.71. The van der Waals surface area contributed by atoms with Gasteiger partial charge in [-0.1, -0.05) is 29.4 Å². The average Bonchev–Trinajstić information content (AvgIpc) is 2.72. The summed E-state index contributed by atoms with van der Waals surface area (Å²) in [5.74, 6) is 0.339. The Morgan fingerprint density at radius 3 is 2.62 bits per heavy atom. The lowest BCUT2D eigenvalue weighted by molar-refractivity contribution is -1.02.